The van der Waals surface area contributed by atoms with E-state index in [-0.39, 0.29) is 6.10 Å². The van der Waals surface area contributed by atoms with Gasteiger partial charge in [0.1, 0.15) is 0 Å². The van der Waals surface area contributed by atoms with Crippen LogP contribution in [-0.2, 0) is 11.3 Å². The SMILES string of the molecule is Cc1ccc(CN2CC[C@@H]3[C@@H](CO[C@H]3CNc3ncccn3)C2)s1. The van der Waals surface area contributed by atoms with E-state index in [4.69, 9.17) is 4.74 Å². The van der Waals surface area contributed by atoms with Crippen LogP contribution >= 0.6 is 11.3 Å². The molecule has 24 heavy (non-hydrogen) atoms. The number of nitrogens with one attached hydrogen (secondary N) is 1. The van der Waals surface area contributed by atoms with Crippen LogP contribution in [0, 0.1) is 18.8 Å². The summed E-state index contributed by atoms with van der Waals surface area (Å²) in [5.41, 5.74) is 0. The number of rotatable bonds is 5. The molecule has 1 N–H and O–H groups in total. The van der Waals surface area contributed by atoms with Crippen LogP contribution < -0.4 is 5.32 Å². The van der Waals surface area contributed by atoms with Gasteiger partial charge in [-0.2, -0.15) is 0 Å². The predicted octanol–water partition coefficient (Wildman–Crippen LogP) is 2.80. The lowest BCUT2D eigenvalue weighted by atomic mass is 9.84. The smallest absolute Gasteiger partial charge is 0.222 e. The molecule has 3 atom stereocenters. The number of ether oxygens (including phenoxy) is 1. The molecule has 2 fully saturated rings. The van der Waals surface area contributed by atoms with Crippen molar-refractivity contribution in [3.8, 4) is 0 Å². The topological polar surface area (TPSA) is 50.3 Å². The predicted molar refractivity (Wildman–Crippen MR) is 96.2 cm³/mol. The summed E-state index contributed by atoms with van der Waals surface area (Å²) in [6, 6.07) is 6.32. The molecule has 0 amide bonds. The van der Waals surface area contributed by atoms with Crippen molar-refractivity contribution in [2.45, 2.75) is 26.0 Å². The van der Waals surface area contributed by atoms with Crippen LogP contribution in [0.15, 0.2) is 30.6 Å². The van der Waals surface area contributed by atoms with Crippen LogP contribution in [0.5, 0.6) is 0 Å². The van der Waals surface area contributed by atoms with E-state index in [9.17, 15) is 0 Å². The Bertz CT molecular complexity index is 662. The number of aromatic nitrogens is 2. The van der Waals surface area contributed by atoms with E-state index in [1.165, 1.54) is 22.7 Å². The average molecular weight is 344 g/mol. The van der Waals surface area contributed by atoms with E-state index in [0.29, 0.717) is 17.8 Å². The van der Waals surface area contributed by atoms with Gasteiger partial charge in [-0.25, -0.2) is 9.97 Å². The van der Waals surface area contributed by atoms with Gasteiger partial charge in [-0.1, -0.05) is 0 Å². The molecule has 2 saturated heterocycles. The molecule has 4 heterocycles. The molecule has 2 aromatic rings. The molecule has 2 aliphatic rings. The Kier molecular flexibility index (Phi) is 4.78. The first-order chi connectivity index (χ1) is 11.8. The molecule has 5 nitrogen and oxygen atoms in total. The van der Waals surface area contributed by atoms with Crippen LogP contribution in [0.3, 0.4) is 0 Å². The van der Waals surface area contributed by atoms with Gasteiger partial charge >= 0.3 is 0 Å². The van der Waals surface area contributed by atoms with Gasteiger partial charge in [0, 0.05) is 47.7 Å². The highest BCUT2D eigenvalue weighted by molar-refractivity contribution is 7.11. The van der Waals surface area contributed by atoms with Gasteiger partial charge in [0.05, 0.1) is 12.7 Å². The molecule has 0 radical (unpaired) electrons. The first-order valence-corrected chi connectivity index (χ1v) is 9.50. The van der Waals surface area contributed by atoms with Crippen LogP contribution in [0.25, 0.3) is 0 Å². The Hall–Kier alpha value is -1.50. The number of hydrogen-bond acceptors (Lipinski definition) is 6. The van der Waals surface area contributed by atoms with Crippen LogP contribution in [-0.4, -0.2) is 47.2 Å². The number of nitrogens with zero attached hydrogens (tertiary/aromatic N) is 3. The van der Waals surface area contributed by atoms with Crippen molar-refractivity contribution in [2.24, 2.45) is 11.8 Å². The number of likely N-dealkylation sites (tertiary alicyclic amines) is 1. The molecule has 2 aliphatic heterocycles. The fourth-order valence-corrected chi connectivity index (χ4v) is 4.82. The summed E-state index contributed by atoms with van der Waals surface area (Å²) in [6.07, 6.45) is 5.03. The molecular formula is C18H24N4OS. The Labute approximate surface area is 147 Å². The molecule has 0 spiro atoms. The lowest BCUT2D eigenvalue weighted by molar-refractivity contribution is 0.0947. The summed E-state index contributed by atoms with van der Waals surface area (Å²) >= 11 is 1.92. The van der Waals surface area contributed by atoms with Crippen molar-refractivity contribution in [3.63, 3.8) is 0 Å². The highest BCUT2D eigenvalue weighted by Crippen LogP contribution is 2.35. The molecular weight excluding hydrogens is 320 g/mol. The minimum absolute atomic E-state index is 0.282. The van der Waals surface area contributed by atoms with E-state index >= 15 is 0 Å². The Morgan fingerprint density at radius 2 is 2.21 bits per heavy atom. The van der Waals surface area contributed by atoms with Gasteiger partial charge in [0.2, 0.25) is 5.95 Å². The normalized spacial score (nSPS) is 27.1. The summed E-state index contributed by atoms with van der Waals surface area (Å²) in [6.45, 7) is 7.27. The number of aryl methyl sites for hydroxylation is 1. The molecule has 6 heteroatoms. The highest BCUT2D eigenvalue weighted by atomic mass is 32.1. The maximum atomic E-state index is 6.08. The lowest BCUT2D eigenvalue weighted by Gasteiger charge is -2.35. The van der Waals surface area contributed by atoms with Crippen LogP contribution in [0.2, 0.25) is 0 Å². The quantitative estimate of drug-likeness (QED) is 0.904. The zero-order chi connectivity index (χ0) is 16.4. The van der Waals surface area contributed by atoms with E-state index in [0.717, 1.165) is 26.2 Å². The fraction of sp³-hybridized carbons (Fsp3) is 0.556. The van der Waals surface area contributed by atoms with Crippen LogP contribution in [0.1, 0.15) is 16.2 Å². The second-order valence-electron chi connectivity index (χ2n) is 6.79. The molecule has 0 unspecified atom stereocenters. The standard InChI is InChI=1S/C18H24N4OS/c1-13-3-4-15(24-13)11-22-8-5-16-14(10-22)12-23-17(16)9-21-18-19-6-2-7-20-18/h2-4,6-7,14,16-17H,5,8-12H2,1H3,(H,19,20,21)/t14-,16-,17+/m1/s1. The van der Waals surface area contributed by atoms with E-state index < -0.39 is 0 Å². The average Bonchev–Trinajstić information content (AvgIpc) is 3.20. The monoisotopic (exact) mass is 344 g/mol. The molecule has 0 aliphatic carbocycles. The van der Waals surface area contributed by atoms with Crippen molar-refractivity contribution in [3.05, 3.63) is 40.3 Å². The molecule has 0 saturated carbocycles. The zero-order valence-electron chi connectivity index (χ0n) is 14.0. The van der Waals surface area contributed by atoms with Crippen molar-refractivity contribution in [1.82, 2.24) is 14.9 Å². The third-order valence-electron chi connectivity index (χ3n) is 5.08. The Morgan fingerprint density at radius 3 is 3.00 bits per heavy atom. The fourth-order valence-electron chi connectivity index (χ4n) is 3.89. The van der Waals surface area contributed by atoms with Gasteiger partial charge < -0.3 is 10.1 Å². The summed E-state index contributed by atoms with van der Waals surface area (Å²) in [5, 5.41) is 3.31. The van der Waals surface area contributed by atoms with Gasteiger partial charge in [0.15, 0.2) is 0 Å². The minimum atomic E-state index is 0.282. The van der Waals surface area contributed by atoms with Gasteiger partial charge in [-0.3, -0.25) is 4.90 Å². The van der Waals surface area contributed by atoms with Crippen molar-refractivity contribution < 1.29 is 4.74 Å². The number of anilines is 1. The third kappa shape index (κ3) is 3.61. The minimum Gasteiger partial charge on any atom is -0.376 e. The zero-order valence-corrected chi connectivity index (χ0v) is 14.8. The second kappa shape index (κ2) is 7.17. The first-order valence-electron chi connectivity index (χ1n) is 8.68. The maximum absolute atomic E-state index is 6.08. The maximum Gasteiger partial charge on any atom is 0.222 e. The van der Waals surface area contributed by atoms with Crippen LogP contribution in [0.4, 0.5) is 5.95 Å². The number of piperidine rings is 1. The molecule has 0 aromatic carbocycles. The summed E-state index contributed by atoms with van der Waals surface area (Å²) in [5.74, 6) is 2.00. The second-order valence-corrected chi connectivity index (χ2v) is 8.16. The Morgan fingerprint density at radius 1 is 1.33 bits per heavy atom. The summed E-state index contributed by atoms with van der Waals surface area (Å²) < 4.78 is 6.08. The van der Waals surface area contributed by atoms with Gasteiger partial charge in [-0.15, -0.1) is 11.3 Å². The molecule has 128 valence electrons. The van der Waals surface area contributed by atoms with E-state index in [2.05, 4.69) is 39.2 Å². The van der Waals surface area contributed by atoms with Crippen molar-refractivity contribution in [1.29, 1.82) is 0 Å². The molecule has 0 bridgehead atoms. The van der Waals surface area contributed by atoms with Crippen molar-refractivity contribution in [2.75, 3.05) is 31.6 Å². The number of hydrogen-bond donors (Lipinski definition) is 1. The third-order valence-corrected chi connectivity index (χ3v) is 6.07. The molecule has 4 rings (SSSR count). The number of thiophene rings is 1. The van der Waals surface area contributed by atoms with E-state index in [1.54, 1.807) is 12.4 Å². The largest absolute Gasteiger partial charge is 0.376 e. The summed E-state index contributed by atoms with van der Waals surface area (Å²) in [7, 11) is 0. The van der Waals surface area contributed by atoms with E-state index in [1.807, 2.05) is 17.4 Å². The molecule has 2 aromatic heterocycles. The summed E-state index contributed by atoms with van der Waals surface area (Å²) in [4.78, 5) is 13.9. The van der Waals surface area contributed by atoms with Gasteiger partial charge in [0.25, 0.3) is 0 Å². The lowest BCUT2D eigenvalue weighted by Crippen LogP contribution is -2.42. The first kappa shape index (κ1) is 16.0. The Balaban J connectivity index is 1.29. The number of fused-ring (bicyclic) bond motifs is 1. The van der Waals surface area contributed by atoms with Crippen molar-refractivity contribution >= 4 is 17.3 Å². The van der Waals surface area contributed by atoms with Gasteiger partial charge in [-0.05, 0) is 44.0 Å². The highest BCUT2D eigenvalue weighted by Gasteiger charge is 2.40.